The Kier molecular flexibility index (Phi) is 5.94. The standard InChI is InChI=1S/C20H24N8O3/c1-13-16(4-3-15(23-13)18(30)21-2)28-9-7-27(8-10-28)11-14-12-31-20(24-14)26-19-22-6-5-17(29)25-19/h3-6,12H,7-11H2,1-2H3,(H,21,30)(H2,22,24,25,26,29). The highest BCUT2D eigenvalue weighted by Crippen LogP contribution is 2.21. The smallest absolute Gasteiger partial charge is 0.301 e. The fourth-order valence-electron chi connectivity index (χ4n) is 3.49. The number of carbonyl (C=O) groups is 1. The molecule has 162 valence electrons. The van der Waals surface area contributed by atoms with Crippen molar-refractivity contribution in [1.82, 2.24) is 30.2 Å². The van der Waals surface area contributed by atoms with Gasteiger partial charge in [-0.3, -0.25) is 24.8 Å². The number of piperazine rings is 1. The van der Waals surface area contributed by atoms with Gasteiger partial charge in [0.1, 0.15) is 12.0 Å². The molecular formula is C20H24N8O3. The number of pyridine rings is 1. The van der Waals surface area contributed by atoms with Crippen molar-refractivity contribution in [2.45, 2.75) is 13.5 Å². The number of nitrogens with one attached hydrogen (secondary N) is 3. The lowest BCUT2D eigenvalue weighted by Crippen LogP contribution is -2.46. The topological polar surface area (TPSA) is 132 Å². The Morgan fingerprint density at radius 2 is 2.00 bits per heavy atom. The third-order valence-electron chi connectivity index (χ3n) is 5.06. The Balaban J connectivity index is 1.32. The molecule has 1 aliphatic rings. The van der Waals surface area contributed by atoms with Crippen molar-refractivity contribution in [3.05, 3.63) is 58.1 Å². The van der Waals surface area contributed by atoms with E-state index in [1.165, 1.54) is 12.3 Å². The summed E-state index contributed by atoms with van der Waals surface area (Å²) in [6, 6.07) is 5.33. The van der Waals surface area contributed by atoms with Gasteiger partial charge in [-0.15, -0.1) is 0 Å². The van der Waals surface area contributed by atoms with E-state index in [1.54, 1.807) is 19.4 Å². The summed E-state index contributed by atoms with van der Waals surface area (Å²) in [6.07, 6.45) is 3.01. The van der Waals surface area contributed by atoms with Gasteiger partial charge in [0, 0.05) is 52.0 Å². The number of H-pyrrole nitrogens is 1. The molecule has 0 spiro atoms. The van der Waals surface area contributed by atoms with Gasteiger partial charge in [-0.25, -0.2) is 9.97 Å². The van der Waals surface area contributed by atoms with Crippen LogP contribution in [0.2, 0.25) is 0 Å². The third kappa shape index (κ3) is 4.89. The molecule has 31 heavy (non-hydrogen) atoms. The number of nitrogens with zero attached hydrogens (tertiary/aromatic N) is 5. The first-order valence-electron chi connectivity index (χ1n) is 9.95. The molecule has 0 bridgehead atoms. The minimum absolute atomic E-state index is 0.185. The summed E-state index contributed by atoms with van der Waals surface area (Å²) >= 11 is 0. The Morgan fingerprint density at radius 1 is 1.19 bits per heavy atom. The number of aromatic amines is 1. The molecular weight excluding hydrogens is 400 g/mol. The van der Waals surface area contributed by atoms with Gasteiger partial charge in [0.2, 0.25) is 5.95 Å². The molecule has 1 aliphatic heterocycles. The molecule has 4 heterocycles. The van der Waals surface area contributed by atoms with Crippen LogP contribution in [0.3, 0.4) is 0 Å². The highest BCUT2D eigenvalue weighted by atomic mass is 16.4. The molecule has 0 atom stereocenters. The number of hydrogen-bond donors (Lipinski definition) is 3. The first-order valence-corrected chi connectivity index (χ1v) is 9.95. The fraction of sp³-hybridized carbons (Fsp3) is 0.350. The molecule has 4 rings (SSSR count). The van der Waals surface area contributed by atoms with Gasteiger partial charge in [-0.05, 0) is 19.1 Å². The number of aromatic nitrogens is 4. The molecule has 3 aromatic heterocycles. The van der Waals surface area contributed by atoms with Crippen LogP contribution in [0.4, 0.5) is 17.7 Å². The van der Waals surface area contributed by atoms with Gasteiger partial charge >= 0.3 is 6.01 Å². The van der Waals surface area contributed by atoms with Gasteiger partial charge in [0.15, 0.2) is 0 Å². The number of hydrogen-bond acceptors (Lipinski definition) is 9. The maximum absolute atomic E-state index is 11.8. The second-order valence-electron chi connectivity index (χ2n) is 7.20. The number of amides is 1. The Labute approximate surface area is 178 Å². The summed E-state index contributed by atoms with van der Waals surface area (Å²) in [5.41, 5.74) is 2.85. The summed E-state index contributed by atoms with van der Waals surface area (Å²) in [5, 5.41) is 5.44. The van der Waals surface area contributed by atoms with Gasteiger partial charge in [0.05, 0.1) is 17.1 Å². The summed E-state index contributed by atoms with van der Waals surface area (Å²) in [4.78, 5) is 43.1. The molecule has 0 aliphatic carbocycles. The summed E-state index contributed by atoms with van der Waals surface area (Å²) in [6.45, 7) is 6.00. The lowest BCUT2D eigenvalue weighted by atomic mass is 10.2. The van der Waals surface area contributed by atoms with E-state index < -0.39 is 0 Å². The minimum Gasteiger partial charge on any atom is -0.432 e. The molecule has 11 heteroatoms. The van der Waals surface area contributed by atoms with E-state index in [4.69, 9.17) is 4.42 Å². The van der Waals surface area contributed by atoms with E-state index in [9.17, 15) is 9.59 Å². The first-order chi connectivity index (χ1) is 15.0. The van der Waals surface area contributed by atoms with Crippen molar-refractivity contribution >= 4 is 23.6 Å². The normalized spacial score (nSPS) is 14.5. The van der Waals surface area contributed by atoms with Crippen molar-refractivity contribution in [3.63, 3.8) is 0 Å². The van der Waals surface area contributed by atoms with E-state index >= 15 is 0 Å². The zero-order chi connectivity index (χ0) is 21.8. The molecule has 0 radical (unpaired) electrons. The highest BCUT2D eigenvalue weighted by molar-refractivity contribution is 5.92. The van der Waals surface area contributed by atoms with Gasteiger partial charge in [-0.1, -0.05) is 0 Å². The summed E-state index contributed by atoms with van der Waals surface area (Å²) in [5.74, 6) is 0.0938. The van der Waals surface area contributed by atoms with E-state index in [-0.39, 0.29) is 23.4 Å². The van der Waals surface area contributed by atoms with Crippen LogP contribution < -0.4 is 21.1 Å². The van der Waals surface area contributed by atoms with Crippen molar-refractivity contribution in [1.29, 1.82) is 0 Å². The second kappa shape index (κ2) is 8.96. The summed E-state index contributed by atoms with van der Waals surface area (Å²) < 4.78 is 5.43. The lowest BCUT2D eigenvalue weighted by Gasteiger charge is -2.36. The quantitative estimate of drug-likeness (QED) is 0.527. The van der Waals surface area contributed by atoms with Crippen LogP contribution in [-0.2, 0) is 6.54 Å². The lowest BCUT2D eigenvalue weighted by molar-refractivity contribution is 0.0958. The van der Waals surface area contributed by atoms with E-state index in [1.807, 2.05) is 13.0 Å². The van der Waals surface area contributed by atoms with E-state index in [2.05, 4.69) is 40.4 Å². The maximum atomic E-state index is 11.8. The minimum atomic E-state index is -0.254. The van der Waals surface area contributed by atoms with Crippen LogP contribution in [0.25, 0.3) is 0 Å². The van der Waals surface area contributed by atoms with Crippen LogP contribution in [0.5, 0.6) is 0 Å². The first kappa shape index (κ1) is 20.5. The van der Waals surface area contributed by atoms with Gasteiger partial charge in [-0.2, -0.15) is 4.98 Å². The van der Waals surface area contributed by atoms with E-state index in [0.717, 1.165) is 43.3 Å². The van der Waals surface area contributed by atoms with E-state index in [0.29, 0.717) is 12.2 Å². The van der Waals surface area contributed by atoms with Crippen LogP contribution in [0, 0.1) is 6.92 Å². The summed E-state index contributed by atoms with van der Waals surface area (Å²) in [7, 11) is 1.60. The van der Waals surface area contributed by atoms with Crippen LogP contribution in [0.1, 0.15) is 21.9 Å². The highest BCUT2D eigenvalue weighted by Gasteiger charge is 2.21. The largest absolute Gasteiger partial charge is 0.432 e. The van der Waals surface area contributed by atoms with Gasteiger partial charge in [0.25, 0.3) is 11.5 Å². The number of rotatable bonds is 6. The molecule has 3 aromatic rings. The molecule has 1 fully saturated rings. The predicted octanol–water partition coefficient (Wildman–Crippen LogP) is 0.887. The second-order valence-corrected chi connectivity index (χ2v) is 7.20. The SMILES string of the molecule is CNC(=O)c1ccc(N2CCN(Cc3coc(Nc4nccc(=O)[nH]4)n3)CC2)c(C)n1. The average molecular weight is 424 g/mol. The number of carbonyl (C=O) groups excluding carboxylic acids is 1. The molecule has 0 saturated carbocycles. The number of oxazole rings is 1. The molecule has 1 saturated heterocycles. The molecule has 0 aromatic carbocycles. The number of aryl methyl sites for hydroxylation is 1. The Hall–Kier alpha value is -3.73. The zero-order valence-electron chi connectivity index (χ0n) is 17.4. The van der Waals surface area contributed by atoms with Crippen LogP contribution >= 0.6 is 0 Å². The fourth-order valence-corrected chi connectivity index (χ4v) is 3.49. The monoisotopic (exact) mass is 424 g/mol. The predicted molar refractivity (Wildman–Crippen MR) is 114 cm³/mol. The zero-order valence-corrected chi connectivity index (χ0v) is 17.4. The average Bonchev–Trinajstić information content (AvgIpc) is 3.20. The van der Waals surface area contributed by atoms with Crippen molar-refractivity contribution in [2.24, 2.45) is 0 Å². The Morgan fingerprint density at radius 3 is 2.71 bits per heavy atom. The molecule has 0 unspecified atom stereocenters. The third-order valence-corrected chi connectivity index (χ3v) is 5.06. The van der Waals surface area contributed by atoms with Crippen LogP contribution in [0.15, 0.2) is 39.9 Å². The molecule has 3 N–H and O–H groups in total. The van der Waals surface area contributed by atoms with Crippen LogP contribution in [-0.4, -0.2) is 64.0 Å². The molecule has 11 nitrogen and oxygen atoms in total. The molecule has 1 amide bonds. The van der Waals surface area contributed by atoms with Crippen molar-refractivity contribution < 1.29 is 9.21 Å². The van der Waals surface area contributed by atoms with Gasteiger partial charge < -0.3 is 14.6 Å². The maximum Gasteiger partial charge on any atom is 0.301 e. The van der Waals surface area contributed by atoms with Crippen molar-refractivity contribution in [2.75, 3.05) is 43.4 Å². The number of anilines is 3. The Bertz CT molecular complexity index is 1120. The van der Waals surface area contributed by atoms with Crippen molar-refractivity contribution in [3.8, 4) is 0 Å².